The van der Waals surface area contributed by atoms with Crippen LogP contribution < -0.4 is 4.74 Å². The quantitative estimate of drug-likeness (QED) is 0.585. The second-order valence-electron chi connectivity index (χ2n) is 3.44. The number of carbonyl (C=O) groups is 2. The van der Waals surface area contributed by atoms with E-state index in [4.69, 9.17) is 16.3 Å². The molecule has 1 fully saturated rings. The van der Waals surface area contributed by atoms with Crippen molar-refractivity contribution >= 4 is 23.5 Å². The van der Waals surface area contributed by atoms with E-state index in [1.165, 1.54) is 7.11 Å². The minimum absolute atomic E-state index is 0.0372. The van der Waals surface area contributed by atoms with Gasteiger partial charge in [-0.15, -0.1) is 0 Å². The lowest BCUT2D eigenvalue weighted by Gasteiger charge is -2.11. The molecule has 2 rings (SSSR count). The largest absolute Gasteiger partial charge is 0.496 e. The molecule has 1 atom stereocenters. The van der Waals surface area contributed by atoms with Crippen molar-refractivity contribution in [3.8, 4) is 5.75 Å². The fourth-order valence-electron chi connectivity index (χ4n) is 1.69. The van der Waals surface area contributed by atoms with E-state index < -0.39 is 17.9 Å². The van der Waals surface area contributed by atoms with Crippen molar-refractivity contribution in [3.05, 3.63) is 28.8 Å². The van der Waals surface area contributed by atoms with Gasteiger partial charge in [-0.1, -0.05) is 11.6 Å². The molecular formula is C11H9ClO4. The average molecular weight is 241 g/mol. The third-order valence-corrected chi connectivity index (χ3v) is 2.67. The van der Waals surface area contributed by atoms with Gasteiger partial charge in [-0.2, -0.15) is 0 Å². The van der Waals surface area contributed by atoms with Gasteiger partial charge in [0.1, 0.15) is 5.75 Å². The van der Waals surface area contributed by atoms with Gasteiger partial charge in [-0.25, -0.2) is 0 Å². The van der Waals surface area contributed by atoms with Crippen molar-refractivity contribution in [1.29, 1.82) is 0 Å². The van der Waals surface area contributed by atoms with Gasteiger partial charge in [0.2, 0.25) is 0 Å². The fraction of sp³-hybridized carbons (Fsp3) is 0.273. The molecule has 1 aliphatic rings. The van der Waals surface area contributed by atoms with E-state index in [9.17, 15) is 9.59 Å². The second-order valence-corrected chi connectivity index (χ2v) is 3.87. The Labute approximate surface area is 97.1 Å². The van der Waals surface area contributed by atoms with Crippen LogP contribution in [0.1, 0.15) is 17.9 Å². The third kappa shape index (κ3) is 1.88. The summed E-state index contributed by atoms with van der Waals surface area (Å²) in [5.74, 6) is -1.15. The van der Waals surface area contributed by atoms with E-state index in [1.807, 2.05) is 0 Å². The first-order chi connectivity index (χ1) is 7.61. The average Bonchev–Trinajstić information content (AvgIpc) is 2.57. The van der Waals surface area contributed by atoms with Crippen LogP contribution in [0, 0.1) is 0 Å². The molecule has 0 radical (unpaired) electrons. The molecule has 84 valence electrons. The van der Waals surface area contributed by atoms with Crippen LogP contribution in [-0.2, 0) is 14.3 Å². The first-order valence-electron chi connectivity index (χ1n) is 4.70. The lowest BCUT2D eigenvalue weighted by atomic mass is 9.97. The number of carbonyl (C=O) groups excluding carboxylic acids is 2. The Morgan fingerprint density at radius 2 is 2.19 bits per heavy atom. The molecule has 1 saturated heterocycles. The van der Waals surface area contributed by atoms with Crippen LogP contribution in [-0.4, -0.2) is 19.0 Å². The van der Waals surface area contributed by atoms with Gasteiger partial charge >= 0.3 is 11.9 Å². The van der Waals surface area contributed by atoms with Gasteiger partial charge in [0, 0.05) is 10.6 Å². The van der Waals surface area contributed by atoms with E-state index in [0.29, 0.717) is 16.3 Å². The van der Waals surface area contributed by atoms with Crippen LogP contribution in [0.4, 0.5) is 0 Å². The van der Waals surface area contributed by atoms with Crippen molar-refractivity contribution < 1.29 is 19.1 Å². The van der Waals surface area contributed by atoms with Crippen molar-refractivity contribution in [1.82, 2.24) is 0 Å². The summed E-state index contributed by atoms with van der Waals surface area (Å²) in [4.78, 5) is 22.4. The molecule has 1 heterocycles. The normalized spacial score (nSPS) is 19.8. The summed E-state index contributed by atoms with van der Waals surface area (Å²) < 4.78 is 9.61. The fourth-order valence-corrected chi connectivity index (χ4v) is 1.87. The summed E-state index contributed by atoms with van der Waals surface area (Å²) in [7, 11) is 1.49. The van der Waals surface area contributed by atoms with Gasteiger partial charge in [0.15, 0.2) is 0 Å². The maximum absolute atomic E-state index is 11.4. The smallest absolute Gasteiger partial charge is 0.321 e. The molecule has 0 bridgehead atoms. The SMILES string of the molecule is COc1ccc(Cl)cc1C1CC(=O)OC1=O. The van der Waals surface area contributed by atoms with E-state index in [2.05, 4.69) is 4.74 Å². The molecule has 5 heteroatoms. The van der Waals surface area contributed by atoms with Crippen molar-refractivity contribution in [2.24, 2.45) is 0 Å². The minimum atomic E-state index is -0.610. The standard InChI is InChI=1S/C11H9ClO4/c1-15-9-3-2-6(12)4-7(9)8-5-10(13)16-11(8)14/h2-4,8H,5H2,1H3. The molecular weight excluding hydrogens is 232 g/mol. The van der Waals surface area contributed by atoms with Crippen molar-refractivity contribution in [3.63, 3.8) is 0 Å². The maximum atomic E-state index is 11.4. The summed E-state index contributed by atoms with van der Waals surface area (Å²) in [5, 5.41) is 0.489. The van der Waals surface area contributed by atoms with Crippen LogP contribution in [0.25, 0.3) is 0 Å². The number of benzene rings is 1. The number of methoxy groups -OCH3 is 1. The zero-order valence-electron chi connectivity index (χ0n) is 8.53. The lowest BCUT2D eigenvalue weighted by molar-refractivity contribution is -0.152. The van der Waals surface area contributed by atoms with E-state index >= 15 is 0 Å². The van der Waals surface area contributed by atoms with Gasteiger partial charge in [-0.05, 0) is 18.2 Å². The molecule has 0 aromatic heterocycles. The van der Waals surface area contributed by atoms with E-state index in [-0.39, 0.29) is 6.42 Å². The predicted octanol–water partition coefficient (Wildman–Crippen LogP) is 1.91. The molecule has 1 aromatic carbocycles. The summed E-state index contributed by atoms with van der Waals surface area (Å²) in [5.41, 5.74) is 0.589. The van der Waals surface area contributed by atoms with Crippen LogP contribution in [0.5, 0.6) is 5.75 Å². The van der Waals surface area contributed by atoms with Gasteiger partial charge in [-0.3, -0.25) is 9.59 Å². The maximum Gasteiger partial charge on any atom is 0.321 e. The van der Waals surface area contributed by atoms with Crippen molar-refractivity contribution in [2.45, 2.75) is 12.3 Å². The molecule has 4 nitrogen and oxygen atoms in total. The number of hydrogen-bond donors (Lipinski definition) is 0. The van der Waals surface area contributed by atoms with E-state index in [0.717, 1.165) is 0 Å². The Hall–Kier alpha value is -1.55. The lowest BCUT2D eigenvalue weighted by Crippen LogP contribution is -2.07. The van der Waals surface area contributed by atoms with Crippen LogP contribution in [0.3, 0.4) is 0 Å². The number of hydrogen-bond acceptors (Lipinski definition) is 4. The monoisotopic (exact) mass is 240 g/mol. The first-order valence-corrected chi connectivity index (χ1v) is 5.07. The Kier molecular flexibility index (Phi) is 2.83. The summed E-state index contributed by atoms with van der Waals surface area (Å²) >= 11 is 5.84. The number of rotatable bonds is 2. The summed E-state index contributed by atoms with van der Waals surface area (Å²) in [6.07, 6.45) is 0.0372. The second kappa shape index (κ2) is 4.14. The summed E-state index contributed by atoms with van der Waals surface area (Å²) in [6, 6.07) is 4.94. The zero-order chi connectivity index (χ0) is 11.7. The topological polar surface area (TPSA) is 52.6 Å². The number of halogens is 1. The predicted molar refractivity (Wildman–Crippen MR) is 56.5 cm³/mol. The number of esters is 2. The zero-order valence-corrected chi connectivity index (χ0v) is 9.28. The van der Waals surface area contributed by atoms with Gasteiger partial charge in [0.25, 0.3) is 0 Å². The van der Waals surface area contributed by atoms with E-state index in [1.54, 1.807) is 18.2 Å². The van der Waals surface area contributed by atoms with Crippen molar-refractivity contribution in [2.75, 3.05) is 7.11 Å². The van der Waals surface area contributed by atoms with Crippen LogP contribution in [0.15, 0.2) is 18.2 Å². The van der Waals surface area contributed by atoms with Gasteiger partial charge in [0.05, 0.1) is 19.4 Å². The Balaban J connectivity index is 2.42. The Morgan fingerprint density at radius 3 is 2.75 bits per heavy atom. The molecule has 0 aliphatic carbocycles. The highest BCUT2D eigenvalue weighted by molar-refractivity contribution is 6.30. The number of cyclic esters (lactones) is 2. The molecule has 0 saturated carbocycles. The van der Waals surface area contributed by atoms with Crippen LogP contribution in [0.2, 0.25) is 5.02 Å². The highest BCUT2D eigenvalue weighted by Gasteiger charge is 2.36. The molecule has 1 aliphatic heterocycles. The molecule has 1 aromatic rings. The number of ether oxygens (including phenoxy) is 2. The Bertz CT molecular complexity index is 455. The molecule has 1 unspecified atom stereocenters. The van der Waals surface area contributed by atoms with Gasteiger partial charge < -0.3 is 9.47 Å². The molecule has 0 spiro atoms. The third-order valence-electron chi connectivity index (χ3n) is 2.44. The summed E-state index contributed by atoms with van der Waals surface area (Å²) in [6.45, 7) is 0. The highest BCUT2D eigenvalue weighted by Crippen LogP contribution is 2.35. The molecule has 0 amide bonds. The highest BCUT2D eigenvalue weighted by atomic mass is 35.5. The molecule has 0 N–H and O–H groups in total. The first kappa shape index (κ1) is 11.0. The van der Waals surface area contributed by atoms with Crippen LogP contribution >= 0.6 is 11.6 Å². The Morgan fingerprint density at radius 1 is 1.44 bits per heavy atom. The molecule has 16 heavy (non-hydrogen) atoms. The minimum Gasteiger partial charge on any atom is -0.496 e.